The van der Waals surface area contributed by atoms with Gasteiger partial charge in [-0.2, -0.15) is 0 Å². The maximum atomic E-state index is 2.48. The van der Waals surface area contributed by atoms with Crippen molar-refractivity contribution in [2.45, 2.75) is 104 Å². The summed E-state index contributed by atoms with van der Waals surface area (Å²) in [7, 11) is 0. The minimum absolute atomic E-state index is 1.05. The molecule has 0 aromatic heterocycles. The minimum Gasteiger partial charge on any atom is -0.310 e. The molecule has 0 radical (unpaired) electrons. The van der Waals surface area contributed by atoms with Gasteiger partial charge in [0.25, 0.3) is 0 Å². The van der Waals surface area contributed by atoms with E-state index in [1.54, 1.807) is 0 Å². The van der Waals surface area contributed by atoms with Crippen molar-refractivity contribution in [3.05, 3.63) is 96.1 Å². The summed E-state index contributed by atoms with van der Waals surface area (Å²) >= 11 is 0. The third-order valence-corrected chi connectivity index (χ3v) is 6.99. The van der Waals surface area contributed by atoms with E-state index in [0.29, 0.717) is 0 Å². The second-order valence-corrected chi connectivity index (χ2v) is 10.3. The van der Waals surface area contributed by atoms with Crippen molar-refractivity contribution in [3.8, 4) is 0 Å². The van der Waals surface area contributed by atoms with Gasteiger partial charge in [-0.3, -0.25) is 0 Å². The first-order chi connectivity index (χ1) is 17.3. The fraction of sp³-hybridized carbons (Fsp3) is 0.529. The first-order valence-electron chi connectivity index (χ1n) is 14.5. The van der Waals surface area contributed by atoms with Gasteiger partial charge < -0.3 is 4.48 Å². The summed E-state index contributed by atoms with van der Waals surface area (Å²) in [6.07, 6.45) is 25.8. The number of unbranched alkanes of at least 4 members (excludes halogenated alkanes) is 10. The first-order valence-corrected chi connectivity index (χ1v) is 14.5. The van der Waals surface area contributed by atoms with Gasteiger partial charge >= 0.3 is 0 Å². The second-order valence-electron chi connectivity index (χ2n) is 10.3. The number of benzene rings is 2. The number of quaternary nitrogens is 1. The largest absolute Gasteiger partial charge is 0.310 e. The number of rotatable bonds is 20. The van der Waals surface area contributed by atoms with Crippen molar-refractivity contribution in [1.29, 1.82) is 0 Å². The van der Waals surface area contributed by atoms with Crippen molar-refractivity contribution in [2.24, 2.45) is 0 Å². The Labute approximate surface area is 217 Å². The number of hydrogen-bond donors (Lipinski definition) is 0. The molecule has 0 atom stereocenters. The minimum atomic E-state index is 1.05. The number of allylic oxidation sites excluding steroid dienone is 2. The molecule has 0 bridgehead atoms. The Morgan fingerprint density at radius 1 is 0.486 bits per heavy atom. The molecule has 0 fully saturated rings. The van der Waals surface area contributed by atoms with Crippen LogP contribution in [-0.4, -0.2) is 17.6 Å². The van der Waals surface area contributed by atoms with Crippen LogP contribution in [0.1, 0.15) is 102 Å². The van der Waals surface area contributed by atoms with Gasteiger partial charge in [0.1, 0.15) is 13.1 Å². The normalized spacial score (nSPS) is 12.2. The van der Waals surface area contributed by atoms with Gasteiger partial charge in [0.15, 0.2) is 0 Å². The molecule has 0 spiro atoms. The van der Waals surface area contributed by atoms with Gasteiger partial charge in [-0.15, -0.1) is 0 Å². The van der Waals surface area contributed by atoms with Crippen LogP contribution >= 0.6 is 0 Å². The molecule has 0 N–H and O–H groups in total. The zero-order chi connectivity index (χ0) is 24.9. The lowest BCUT2D eigenvalue weighted by atomic mass is 10.1. The highest BCUT2D eigenvalue weighted by Gasteiger charge is 2.26. The van der Waals surface area contributed by atoms with E-state index in [0.717, 1.165) is 30.7 Å². The highest BCUT2D eigenvalue weighted by atomic mass is 15.3. The average molecular weight is 475 g/mol. The van der Waals surface area contributed by atoms with Crippen LogP contribution in [0.2, 0.25) is 0 Å². The van der Waals surface area contributed by atoms with Crippen molar-refractivity contribution >= 4 is 0 Å². The Bertz CT molecular complexity index is 720. The Morgan fingerprint density at radius 2 is 0.886 bits per heavy atom. The molecular weight excluding hydrogens is 422 g/mol. The Morgan fingerprint density at radius 3 is 1.29 bits per heavy atom. The summed E-state index contributed by atoms with van der Waals surface area (Å²) in [5.41, 5.74) is 2.87. The predicted molar refractivity (Wildman–Crippen MR) is 155 cm³/mol. The Hall–Kier alpha value is -2.12. The van der Waals surface area contributed by atoms with E-state index in [4.69, 9.17) is 0 Å². The van der Waals surface area contributed by atoms with Crippen molar-refractivity contribution in [3.63, 3.8) is 0 Å². The molecule has 0 aliphatic carbocycles. The monoisotopic (exact) mass is 474 g/mol. The third-order valence-electron chi connectivity index (χ3n) is 6.99. The predicted octanol–water partition coefficient (Wildman–Crippen LogP) is 10.0. The summed E-state index contributed by atoms with van der Waals surface area (Å²) in [6.45, 7) is 8.88. The molecule has 1 nitrogen and oxygen atoms in total. The van der Waals surface area contributed by atoms with Crippen molar-refractivity contribution in [2.75, 3.05) is 13.1 Å². The standard InChI is InChI=1S/C34H52N/c1-3-5-7-9-11-13-15-23-29-35(31-33-25-19-17-20-26-33,32-34-27-21-18-22-28-34)30-24-16-14-12-10-8-6-4-2/h15-28H,3-14,29-32H2,1-2H3/q+1/b23-15+,24-16+. The lowest BCUT2D eigenvalue weighted by Gasteiger charge is -2.37. The zero-order valence-electron chi connectivity index (χ0n) is 22.8. The third kappa shape index (κ3) is 13.5. The second kappa shape index (κ2) is 19.1. The molecule has 2 aromatic carbocycles. The van der Waals surface area contributed by atoms with E-state index in [1.807, 2.05) is 0 Å². The van der Waals surface area contributed by atoms with Crippen LogP contribution in [0.3, 0.4) is 0 Å². The van der Waals surface area contributed by atoms with Crippen LogP contribution in [0.15, 0.2) is 85.0 Å². The zero-order valence-corrected chi connectivity index (χ0v) is 22.8. The molecule has 2 rings (SSSR count). The van der Waals surface area contributed by atoms with Gasteiger partial charge in [0, 0.05) is 11.1 Å². The summed E-state index contributed by atoms with van der Waals surface area (Å²) < 4.78 is 1.05. The van der Waals surface area contributed by atoms with Gasteiger partial charge in [0.05, 0.1) is 13.1 Å². The van der Waals surface area contributed by atoms with E-state index in [9.17, 15) is 0 Å². The van der Waals surface area contributed by atoms with Crippen LogP contribution in [0.25, 0.3) is 0 Å². The quantitative estimate of drug-likeness (QED) is 0.102. The van der Waals surface area contributed by atoms with Crippen molar-refractivity contribution < 1.29 is 4.48 Å². The summed E-state index contributed by atoms with van der Waals surface area (Å²) in [5, 5.41) is 0. The summed E-state index contributed by atoms with van der Waals surface area (Å²) in [6, 6.07) is 22.2. The van der Waals surface area contributed by atoms with Gasteiger partial charge in [-0.1, -0.05) is 138 Å². The van der Waals surface area contributed by atoms with Gasteiger partial charge in [0.2, 0.25) is 0 Å². The van der Waals surface area contributed by atoms with E-state index in [2.05, 4.69) is 98.8 Å². The molecule has 0 aliphatic heterocycles. The number of hydrogen-bond acceptors (Lipinski definition) is 0. The molecule has 0 amide bonds. The smallest absolute Gasteiger partial charge is 0.105 e. The first kappa shape index (κ1) is 29.1. The maximum absolute atomic E-state index is 2.48. The van der Waals surface area contributed by atoms with Crippen LogP contribution in [0.5, 0.6) is 0 Å². The van der Waals surface area contributed by atoms with Crippen molar-refractivity contribution in [1.82, 2.24) is 0 Å². The van der Waals surface area contributed by atoms with E-state index >= 15 is 0 Å². The fourth-order valence-corrected chi connectivity index (χ4v) is 4.89. The van der Waals surface area contributed by atoms with E-state index in [-0.39, 0.29) is 0 Å². The van der Waals surface area contributed by atoms with E-state index in [1.165, 1.54) is 88.2 Å². The average Bonchev–Trinajstić information content (AvgIpc) is 2.88. The molecule has 0 aliphatic rings. The molecular formula is C34H52N+. The van der Waals surface area contributed by atoms with Crippen LogP contribution in [0, 0.1) is 0 Å². The Balaban J connectivity index is 2.08. The fourth-order valence-electron chi connectivity index (χ4n) is 4.89. The summed E-state index contributed by atoms with van der Waals surface area (Å²) in [5.74, 6) is 0. The molecule has 0 saturated heterocycles. The molecule has 0 unspecified atom stereocenters. The Kier molecular flexibility index (Phi) is 15.9. The van der Waals surface area contributed by atoms with Gasteiger partial charge in [-0.25, -0.2) is 0 Å². The highest BCUT2D eigenvalue weighted by molar-refractivity contribution is 5.15. The molecule has 2 aromatic rings. The SMILES string of the molecule is CCCCCCC/C=C/C[N+](C/C=C/CCCCCCC)(Cc1ccccc1)Cc1ccccc1. The molecule has 1 heteroatoms. The summed E-state index contributed by atoms with van der Waals surface area (Å²) in [4.78, 5) is 0. The molecule has 35 heavy (non-hydrogen) atoms. The topological polar surface area (TPSA) is 0 Å². The number of nitrogens with zero attached hydrogens (tertiary/aromatic N) is 1. The molecule has 0 saturated carbocycles. The maximum Gasteiger partial charge on any atom is 0.105 e. The van der Waals surface area contributed by atoms with Crippen LogP contribution < -0.4 is 0 Å². The van der Waals surface area contributed by atoms with E-state index < -0.39 is 0 Å². The highest BCUT2D eigenvalue weighted by Crippen LogP contribution is 2.21. The lowest BCUT2D eigenvalue weighted by molar-refractivity contribution is -0.943. The van der Waals surface area contributed by atoms with Crippen LogP contribution in [0.4, 0.5) is 0 Å². The lowest BCUT2D eigenvalue weighted by Crippen LogP contribution is -2.46. The van der Waals surface area contributed by atoms with Crippen LogP contribution in [-0.2, 0) is 13.1 Å². The molecule has 0 heterocycles. The van der Waals surface area contributed by atoms with Gasteiger partial charge in [-0.05, 0) is 37.8 Å². The molecule has 192 valence electrons.